The Kier molecular flexibility index (Phi) is 49.1. The number of hydrogen-bond acceptors (Lipinski definition) is 6. The molecule has 0 saturated carbocycles. The maximum Gasteiger partial charge on any atom is 0.306 e. The Morgan fingerprint density at radius 1 is 0.323 bits per heavy atom. The number of carbonyl (C=O) groups excluding carboxylic acids is 3. The molecule has 0 saturated heterocycles. The van der Waals surface area contributed by atoms with Gasteiger partial charge in [-0.2, -0.15) is 0 Å². The number of unbranched alkanes of at least 4 members (excludes halogenated alkanes) is 37. The van der Waals surface area contributed by atoms with E-state index in [4.69, 9.17) is 14.2 Å². The van der Waals surface area contributed by atoms with Crippen molar-refractivity contribution >= 4 is 17.9 Å². The second-order valence-electron chi connectivity index (χ2n) is 19.5. The van der Waals surface area contributed by atoms with Crippen LogP contribution in [0.3, 0.4) is 0 Å². The van der Waals surface area contributed by atoms with Crippen molar-refractivity contribution in [3.8, 4) is 0 Å². The van der Waals surface area contributed by atoms with Crippen molar-refractivity contribution in [1.82, 2.24) is 0 Å². The van der Waals surface area contributed by atoms with Gasteiger partial charge in [0.25, 0.3) is 0 Å². The van der Waals surface area contributed by atoms with Crippen LogP contribution in [0, 0.1) is 5.92 Å². The number of hydrogen-bond donors (Lipinski definition) is 0. The molecule has 6 heteroatoms. The molecule has 0 bridgehead atoms. The zero-order chi connectivity index (χ0) is 45.2. The summed E-state index contributed by atoms with van der Waals surface area (Å²) in [4.78, 5) is 37.7. The summed E-state index contributed by atoms with van der Waals surface area (Å²) >= 11 is 0. The number of rotatable bonds is 51. The molecular weight excluding hydrogens is 769 g/mol. The van der Waals surface area contributed by atoms with Crippen molar-refractivity contribution in [2.75, 3.05) is 13.2 Å². The highest BCUT2D eigenvalue weighted by molar-refractivity contribution is 5.71. The van der Waals surface area contributed by atoms with E-state index in [0.29, 0.717) is 19.3 Å². The van der Waals surface area contributed by atoms with E-state index < -0.39 is 6.10 Å². The van der Waals surface area contributed by atoms with Gasteiger partial charge in [-0.1, -0.05) is 278 Å². The smallest absolute Gasteiger partial charge is 0.306 e. The Labute approximate surface area is 387 Å². The van der Waals surface area contributed by atoms with Crippen molar-refractivity contribution < 1.29 is 28.6 Å². The summed E-state index contributed by atoms with van der Waals surface area (Å²) in [5.41, 5.74) is 0. The normalized spacial score (nSPS) is 12.4. The maximum absolute atomic E-state index is 12.8. The van der Waals surface area contributed by atoms with Gasteiger partial charge in [0, 0.05) is 19.3 Å². The fourth-order valence-corrected chi connectivity index (χ4v) is 8.54. The summed E-state index contributed by atoms with van der Waals surface area (Å²) in [6.45, 7) is 9.02. The SMILES string of the molecule is CCCCCCCCCCCCCCCCCCCC(=O)O[C@H](COC(=O)CCCCCCC)COC(=O)CCCCCCCCCCCCCCCCCCCCC(C)CC. The van der Waals surface area contributed by atoms with Crippen LogP contribution in [0.2, 0.25) is 0 Å². The average Bonchev–Trinajstić information content (AvgIpc) is 3.27. The van der Waals surface area contributed by atoms with Crippen molar-refractivity contribution in [3.63, 3.8) is 0 Å². The average molecular weight is 877 g/mol. The predicted octanol–water partition coefficient (Wildman–Crippen LogP) is 18.2. The standard InChI is InChI=1S/C56H108O6/c1-5-8-10-12-13-14-15-16-17-20-25-28-31-34-37-41-45-49-56(59)62-53(50-60-54(57)47-43-38-11-9-6-2)51-61-55(58)48-44-40-36-33-30-27-24-22-19-18-21-23-26-29-32-35-39-42-46-52(4)7-3/h52-53H,5-51H2,1-4H3/t52?,53-/m1/s1. The lowest BCUT2D eigenvalue weighted by Gasteiger charge is -2.18. The van der Waals surface area contributed by atoms with E-state index in [2.05, 4.69) is 27.7 Å². The fraction of sp³-hybridized carbons (Fsp3) is 0.946. The Balaban J connectivity index is 4.04. The van der Waals surface area contributed by atoms with Gasteiger partial charge in [0.2, 0.25) is 0 Å². The Morgan fingerprint density at radius 2 is 0.565 bits per heavy atom. The molecule has 6 nitrogen and oxygen atoms in total. The van der Waals surface area contributed by atoms with Gasteiger partial charge in [-0.3, -0.25) is 14.4 Å². The molecule has 0 aliphatic heterocycles. The van der Waals surface area contributed by atoms with Crippen LogP contribution in [0.5, 0.6) is 0 Å². The zero-order valence-electron chi connectivity index (χ0n) is 42.3. The second kappa shape index (κ2) is 50.4. The van der Waals surface area contributed by atoms with Gasteiger partial charge < -0.3 is 14.2 Å². The Bertz CT molecular complexity index is 935. The number of carbonyl (C=O) groups is 3. The summed E-state index contributed by atoms with van der Waals surface area (Å²) < 4.78 is 16.7. The number of ether oxygens (including phenoxy) is 3. The van der Waals surface area contributed by atoms with Gasteiger partial charge in [-0.15, -0.1) is 0 Å². The van der Waals surface area contributed by atoms with E-state index >= 15 is 0 Å². The first-order chi connectivity index (χ1) is 30.4. The second-order valence-corrected chi connectivity index (χ2v) is 19.5. The van der Waals surface area contributed by atoms with E-state index in [-0.39, 0.29) is 31.1 Å². The third-order valence-electron chi connectivity index (χ3n) is 13.2. The summed E-state index contributed by atoms with van der Waals surface area (Å²) in [5.74, 6) is 0.0554. The molecular formula is C56H108O6. The highest BCUT2D eigenvalue weighted by Gasteiger charge is 2.19. The molecule has 0 aromatic carbocycles. The van der Waals surface area contributed by atoms with Gasteiger partial charge in [-0.25, -0.2) is 0 Å². The van der Waals surface area contributed by atoms with Crippen LogP contribution in [-0.2, 0) is 28.6 Å². The van der Waals surface area contributed by atoms with Gasteiger partial charge >= 0.3 is 17.9 Å². The summed E-state index contributed by atoms with van der Waals surface area (Å²) in [7, 11) is 0. The third kappa shape index (κ3) is 47.9. The molecule has 0 fully saturated rings. The minimum atomic E-state index is -0.759. The molecule has 0 heterocycles. The first kappa shape index (κ1) is 60.4. The van der Waals surface area contributed by atoms with Crippen LogP contribution >= 0.6 is 0 Å². The molecule has 0 aromatic heterocycles. The van der Waals surface area contributed by atoms with E-state index in [1.807, 2.05) is 0 Å². The van der Waals surface area contributed by atoms with Crippen molar-refractivity contribution in [1.29, 1.82) is 0 Å². The molecule has 2 atom stereocenters. The van der Waals surface area contributed by atoms with Gasteiger partial charge in [-0.05, 0) is 25.2 Å². The van der Waals surface area contributed by atoms with Crippen LogP contribution in [0.4, 0.5) is 0 Å². The molecule has 0 aromatic rings. The highest BCUT2D eigenvalue weighted by Crippen LogP contribution is 2.18. The number of esters is 3. The Morgan fingerprint density at radius 3 is 0.839 bits per heavy atom. The highest BCUT2D eigenvalue weighted by atomic mass is 16.6. The first-order valence-electron chi connectivity index (χ1n) is 27.9. The van der Waals surface area contributed by atoms with Gasteiger partial charge in [0.1, 0.15) is 13.2 Å². The summed E-state index contributed by atoms with van der Waals surface area (Å²) in [5, 5.41) is 0. The topological polar surface area (TPSA) is 78.9 Å². The molecule has 0 rings (SSSR count). The lowest BCUT2D eigenvalue weighted by molar-refractivity contribution is -0.167. The van der Waals surface area contributed by atoms with Crippen LogP contribution in [-0.4, -0.2) is 37.2 Å². The molecule has 0 amide bonds. The summed E-state index contributed by atoms with van der Waals surface area (Å²) in [6.07, 6.45) is 54.1. The zero-order valence-corrected chi connectivity index (χ0v) is 42.3. The lowest BCUT2D eigenvalue weighted by Crippen LogP contribution is -2.30. The van der Waals surface area contributed by atoms with E-state index in [0.717, 1.165) is 70.1 Å². The molecule has 0 aliphatic rings. The van der Waals surface area contributed by atoms with Crippen molar-refractivity contribution in [2.45, 2.75) is 323 Å². The molecule has 0 spiro atoms. The van der Waals surface area contributed by atoms with E-state index in [1.165, 1.54) is 205 Å². The lowest BCUT2D eigenvalue weighted by atomic mass is 9.99. The van der Waals surface area contributed by atoms with E-state index in [9.17, 15) is 14.4 Å². The van der Waals surface area contributed by atoms with Crippen molar-refractivity contribution in [3.05, 3.63) is 0 Å². The van der Waals surface area contributed by atoms with Gasteiger partial charge in [0.05, 0.1) is 0 Å². The molecule has 0 N–H and O–H groups in total. The third-order valence-corrected chi connectivity index (χ3v) is 13.2. The molecule has 0 radical (unpaired) electrons. The first-order valence-corrected chi connectivity index (χ1v) is 27.9. The van der Waals surface area contributed by atoms with Crippen LogP contribution in [0.15, 0.2) is 0 Å². The molecule has 368 valence electrons. The largest absolute Gasteiger partial charge is 0.462 e. The minimum Gasteiger partial charge on any atom is -0.462 e. The van der Waals surface area contributed by atoms with Crippen LogP contribution in [0.1, 0.15) is 317 Å². The molecule has 0 aliphatic carbocycles. The van der Waals surface area contributed by atoms with Crippen LogP contribution in [0.25, 0.3) is 0 Å². The van der Waals surface area contributed by atoms with Crippen molar-refractivity contribution in [2.24, 2.45) is 5.92 Å². The summed E-state index contributed by atoms with van der Waals surface area (Å²) in [6, 6.07) is 0. The quantitative estimate of drug-likeness (QED) is 0.0344. The molecule has 1 unspecified atom stereocenters. The molecule has 62 heavy (non-hydrogen) atoms. The van der Waals surface area contributed by atoms with Gasteiger partial charge in [0.15, 0.2) is 6.10 Å². The monoisotopic (exact) mass is 877 g/mol. The fourth-order valence-electron chi connectivity index (χ4n) is 8.54. The maximum atomic E-state index is 12.8. The minimum absolute atomic E-state index is 0.0634. The van der Waals surface area contributed by atoms with Crippen LogP contribution < -0.4 is 0 Å². The predicted molar refractivity (Wildman–Crippen MR) is 266 cm³/mol. The Hall–Kier alpha value is -1.59. The van der Waals surface area contributed by atoms with E-state index in [1.54, 1.807) is 0 Å².